The summed E-state index contributed by atoms with van der Waals surface area (Å²) >= 11 is 0. The Bertz CT molecular complexity index is 492. The van der Waals surface area contributed by atoms with Gasteiger partial charge in [0.05, 0.1) is 13.4 Å². The number of imidazole rings is 1. The Morgan fingerprint density at radius 2 is 2.05 bits per heavy atom. The molecule has 7 nitrogen and oxygen atoms in total. The van der Waals surface area contributed by atoms with Crippen molar-refractivity contribution >= 4 is 17.7 Å². The van der Waals surface area contributed by atoms with Crippen LogP contribution in [0.15, 0.2) is 6.33 Å². The Kier molecular flexibility index (Phi) is 4.60. The van der Waals surface area contributed by atoms with Crippen LogP contribution in [0, 0.1) is 0 Å². The van der Waals surface area contributed by atoms with Crippen LogP contribution in [-0.4, -0.2) is 46.5 Å². The molecule has 0 bridgehead atoms. The highest BCUT2D eigenvalue weighted by atomic mass is 16.5. The molecule has 1 saturated heterocycles. The van der Waals surface area contributed by atoms with Gasteiger partial charge in [0.2, 0.25) is 5.91 Å². The molecule has 20 heavy (non-hydrogen) atoms. The van der Waals surface area contributed by atoms with Crippen molar-refractivity contribution in [3.05, 3.63) is 12.0 Å². The van der Waals surface area contributed by atoms with E-state index in [1.54, 1.807) is 4.57 Å². The van der Waals surface area contributed by atoms with Crippen molar-refractivity contribution in [2.24, 2.45) is 0 Å². The molecule has 1 amide bonds. The van der Waals surface area contributed by atoms with E-state index in [1.807, 2.05) is 4.90 Å². The molecule has 1 aliphatic heterocycles. The van der Waals surface area contributed by atoms with Gasteiger partial charge in [0.15, 0.2) is 5.69 Å². The fraction of sp³-hybridized carbons (Fsp3) is 0.615. The van der Waals surface area contributed by atoms with Gasteiger partial charge in [-0.25, -0.2) is 9.78 Å². The Morgan fingerprint density at radius 1 is 1.35 bits per heavy atom. The second-order valence-electron chi connectivity index (χ2n) is 4.85. The SMILES string of the molecule is COC(=O)c1ncn(CCC(=O)N2CCCCC2)c1N. The molecule has 0 atom stereocenters. The van der Waals surface area contributed by atoms with Gasteiger partial charge >= 0.3 is 5.97 Å². The first-order chi connectivity index (χ1) is 9.63. The second-order valence-corrected chi connectivity index (χ2v) is 4.85. The van der Waals surface area contributed by atoms with E-state index in [1.165, 1.54) is 19.9 Å². The average Bonchev–Trinajstić information content (AvgIpc) is 2.86. The number of nitrogen functional groups attached to an aromatic ring is 1. The molecule has 2 heterocycles. The summed E-state index contributed by atoms with van der Waals surface area (Å²) < 4.78 is 6.19. The van der Waals surface area contributed by atoms with Crippen LogP contribution in [-0.2, 0) is 16.1 Å². The first kappa shape index (κ1) is 14.4. The summed E-state index contributed by atoms with van der Waals surface area (Å²) in [6.45, 7) is 2.10. The summed E-state index contributed by atoms with van der Waals surface area (Å²) in [5, 5.41) is 0. The van der Waals surface area contributed by atoms with Gasteiger partial charge in [-0.05, 0) is 19.3 Å². The highest BCUT2D eigenvalue weighted by molar-refractivity contribution is 5.92. The van der Waals surface area contributed by atoms with Gasteiger partial charge in [0, 0.05) is 26.1 Å². The number of rotatable bonds is 4. The molecule has 0 radical (unpaired) electrons. The van der Waals surface area contributed by atoms with Gasteiger partial charge in [-0.2, -0.15) is 0 Å². The van der Waals surface area contributed by atoms with Crippen molar-refractivity contribution in [2.75, 3.05) is 25.9 Å². The normalized spacial score (nSPS) is 15.2. The molecule has 1 aliphatic rings. The number of nitrogens with two attached hydrogens (primary N) is 1. The van der Waals surface area contributed by atoms with Crippen molar-refractivity contribution in [1.82, 2.24) is 14.5 Å². The number of likely N-dealkylation sites (tertiary alicyclic amines) is 1. The number of methoxy groups -OCH3 is 1. The van der Waals surface area contributed by atoms with Crippen molar-refractivity contribution in [1.29, 1.82) is 0 Å². The van der Waals surface area contributed by atoms with E-state index in [2.05, 4.69) is 9.72 Å². The van der Waals surface area contributed by atoms with Gasteiger partial charge in [0.1, 0.15) is 5.82 Å². The van der Waals surface area contributed by atoms with Gasteiger partial charge in [-0.3, -0.25) is 4.79 Å². The number of carbonyl (C=O) groups excluding carboxylic acids is 2. The van der Waals surface area contributed by atoms with Crippen molar-refractivity contribution in [2.45, 2.75) is 32.2 Å². The van der Waals surface area contributed by atoms with E-state index in [-0.39, 0.29) is 17.4 Å². The molecular weight excluding hydrogens is 260 g/mol. The summed E-state index contributed by atoms with van der Waals surface area (Å²) in [4.78, 5) is 29.2. The van der Waals surface area contributed by atoms with E-state index in [9.17, 15) is 9.59 Å². The fourth-order valence-electron chi connectivity index (χ4n) is 2.34. The fourth-order valence-corrected chi connectivity index (χ4v) is 2.34. The van der Waals surface area contributed by atoms with Gasteiger partial charge < -0.3 is 19.9 Å². The number of carbonyl (C=O) groups is 2. The number of amides is 1. The van der Waals surface area contributed by atoms with Crippen LogP contribution in [0.2, 0.25) is 0 Å². The molecule has 1 aromatic heterocycles. The minimum absolute atomic E-state index is 0.0953. The Labute approximate surface area is 117 Å². The predicted molar refractivity (Wildman–Crippen MR) is 73.0 cm³/mol. The number of ether oxygens (including phenoxy) is 1. The monoisotopic (exact) mass is 280 g/mol. The number of hydrogen-bond acceptors (Lipinski definition) is 5. The summed E-state index contributed by atoms with van der Waals surface area (Å²) in [6.07, 6.45) is 5.17. The highest BCUT2D eigenvalue weighted by Crippen LogP contribution is 2.14. The lowest BCUT2D eigenvalue weighted by atomic mass is 10.1. The van der Waals surface area contributed by atoms with Crippen LogP contribution in [0.4, 0.5) is 5.82 Å². The lowest BCUT2D eigenvalue weighted by Gasteiger charge is -2.26. The minimum atomic E-state index is -0.566. The van der Waals surface area contributed by atoms with Crippen molar-refractivity contribution < 1.29 is 14.3 Å². The van der Waals surface area contributed by atoms with E-state index in [4.69, 9.17) is 5.73 Å². The van der Waals surface area contributed by atoms with Gasteiger partial charge in [-0.1, -0.05) is 0 Å². The minimum Gasteiger partial charge on any atom is -0.464 e. The third-order valence-corrected chi connectivity index (χ3v) is 3.53. The van der Waals surface area contributed by atoms with E-state index < -0.39 is 5.97 Å². The summed E-state index contributed by atoms with van der Waals surface area (Å²) in [7, 11) is 1.28. The Hall–Kier alpha value is -2.05. The summed E-state index contributed by atoms with van der Waals surface area (Å²) in [6, 6.07) is 0. The van der Waals surface area contributed by atoms with Crippen LogP contribution in [0.1, 0.15) is 36.2 Å². The average molecular weight is 280 g/mol. The van der Waals surface area contributed by atoms with Crippen molar-refractivity contribution in [3.8, 4) is 0 Å². The molecule has 1 aromatic rings. The molecule has 110 valence electrons. The van der Waals surface area contributed by atoms with Crippen molar-refractivity contribution in [3.63, 3.8) is 0 Å². The number of esters is 1. The standard InChI is InChI=1S/C13H20N4O3/c1-20-13(19)11-12(14)17(9-15-11)8-5-10(18)16-6-3-2-4-7-16/h9H,2-8,14H2,1H3. The third-order valence-electron chi connectivity index (χ3n) is 3.53. The Balaban J connectivity index is 1.92. The van der Waals surface area contributed by atoms with E-state index >= 15 is 0 Å². The molecule has 2 N–H and O–H groups in total. The zero-order chi connectivity index (χ0) is 14.5. The maximum atomic E-state index is 12.0. The number of aromatic nitrogens is 2. The molecule has 1 fully saturated rings. The second kappa shape index (κ2) is 6.40. The maximum absolute atomic E-state index is 12.0. The smallest absolute Gasteiger partial charge is 0.360 e. The van der Waals surface area contributed by atoms with E-state index in [0.717, 1.165) is 25.9 Å². The zero-order valence-electron chi connectivity index (χ0n) is 11.7. The van der Waals surface area contributed by atoms with Crippen LogP contribution in [0.5, 0.6) is 0 Å². The predicted octanol–water partition coefficient (Wildman–Crippen LogP) is 0.654. The van der Waals surface area contributed by atoms with Crippen LogP contribution in [0.3, 0.4) is 0 Å². The number of piperidine rings is 1. The van der Waals surface area contributed by atoms with Crippen LogP contribution >= 0.6 is 0 Å². The molecule has 0 spiro atoms. The van der Waals surface area contributed by atoms with Gasteiger partial charge in [0.25, 0.3) is 0 Å². The third kappa shape index (κ3) is 3.09. The highest BCUT2D eigenvalue weighted by Gasteiger charge is 2.19. The molecule has 0 saturated carbocycles. The number of anilines is 1. The lowest BCUT2D eigenvalue weighted by molar-refractivity contribution is -0.132. The quantitative estimate of drug-likeness (QED) is 0.818. The summed E-state index contributed by atoms with van der Waals surface area (Å²) in [5.41, 5.74) is 5.91. The Morgan fingerprint density at radius 3 is 2.70 bits per heavy atom. The molecular formula is C13H20N4O3. The first-order valence-corrected chi connectivity index (χ1v) is 6.80. The molecule has 0 aliphatic carbocycles. The topological polar surface area (TPSA) is 90.4 Å². The molecule has 0 aromatic carbocycles. The van der Waals surface area contributed by atoms with Crippen LogP contribution in [0.25, 0.3) is 0 Å². The largest absolute Gasteiger partial charge is 0.464 e. The number of hydrogen-bond donors (Lipinski definition) is 1. The lowest BCUT2D eigenvalue weighted by Crippen LogP contribution is -2.36. The molecule has 7 heteroatoms. The summed E-state index contributed by atoms with van der Waals surface area (Å²) in [5.74, 6) is -0.204. The molecule has 2 rings (SSSR count). The first-order valence-electron chi connectivity index (χ1n) is 6.80. The number of nitrogens with zero attached hydrogens (tertiary/aromatic N) is 3. The van der Waals surface area contributed by atoms with E-state index in [0.29, 0.717) is 13.0 Å². The molecule has 0 unspecified atom stereocenters. The zero-order valence-corrected chi connectivity index (χ0v) is 11.7. The maximum Gasteiger partial charge on any atom is 0.360 e. The number of aryl methyl sites for hydroxylation is 1. The van der Waals surface area contributed by atoms with Gasteiger partial charge in [-0.15, -0.1) is 0 Å². The van der Waals surface area contributed by atoms with Crippen LogP contribution < -0.4 is 5.73 Å².